The number of ketones is 1. The average molecular weight is 388 g/mol. The molecule has 144 valence electrons. The third-order valence-electron chi connectivity index (χ3n) is 5.84. The minimum absolute atomic E-state index is 0.0249. The Hall–Kier alpha value is -2.07. The van der Waals surface area contributed by atoms with E-state index in [9.17, 15) is 9.59 Å². The van der Waals surface area contributed by atoms with Crippen molar-refractivity contribution in [1.29, 1.82) is 0 Å². The molecule has 4 nitrogen and oxygen atoms in total. The molecule has 3 rings (SSSR count). The van der Waals surface area contributed by atoms with E-state index in [4.69, 9.17) is 16.7 Å². The largest absolute Gasteiger partial charge is 0.478 e. The van der Waals surface area contributed by atoms with Crippen molar-refractivity contribution in [3.05, 3.63) is 57.3 Å². The quantitative estimate of drug-likeness (QED) is 0.738. The molecule has 2 aliphatic rings. The molecule has 0 saturated heterocycles. The van der Waals surface area contributed by atoms with Gasteiger partial charge in [-0.25, -0.2) is 4.79 Å². The van der Waals surface area contributed by atoms with Gasteiger partial charge in [0.15, 0.2) is 5.78 Å². The van der Waals surface area contributed by atoms with Gasteiger partial charge in [-0.05, 0) is 40.4 Å². The fraction of sp³-hybridized carbons (Fsp3) is 0.455. The second-order valence-corrected chi connectivity index (χ2v) is 9.12. The van der Waals surface area contributed by atoms with Gasteiger partial charge in [0.2, 0.25) is 0 Å². The van der Waals surface area contributed by atoms with Crippen molar-refractivity contribution in [2.45, 2.75) is 64.3 Å². The van der Waals surface area contributed by atoms with E-state index in [1.807, 2.05) is 0 Å². The molecule has 0 spiro atoms. The summed E-state index contributed by atoms with van der Waals surface area (Å²) in [6.07, 6.45) is 5.44. The van der Waals surface area contributed by atoms with Gasteiger partial charge in [0, 0.05) is 29.8 Å². The average Bonchev–Trinajstić information content (AvgIpc) is 2.57. The number of carbonyl (C=O) groups excluding carboxylic acids is 1. The Balaban J connectivity index is 1.83. The van der Waals surface area contributed by atoms with E-state index in [0.29, 0.717) is 18.7 Å². The van der Waals surface area contributed by atoms with Gasteiger partial charge in [0.25, 0.3) is 0 Å². The van der Waals surface area contributed by atoms with Gasteiger partial charge >= 0.3 is 5.97 Å². The van der Waals surface area contributed by atoms with Crippen molar-refractivity contribution in [2.24, 2.45) is 0 Å². The number of carboxylic acids is 1. The Morgan fingerprint density at radius 3 is 2.48 bits per heavy atom. The summed E-state index contributed by atoms with van der Waals surface area (Å²) in [5, 5.41) is 13.0. The summed E-state index contributed by atoms with van der Waals surface area (Å²) in [5.74, 6) is -1.66. The van der Waals surface area contributed by atoms with E-state index in [-0.39, 0.29) is 16.4 Å². The molecule has 0 amide bonds. The number of aliphatic carboxylic acids is 1. The Morgan fingerprint density at radius 2 is 1.85 bits per heavy atom. The fourth-order valence-electron chi connectivity index (χ4n) is 4.00. The van der Waals surface area contributed by atoms with Crippen LogP contribution in [0, 0.1) is 0 Å². The molecular formula is C22H26ClNO3. The molecule has 0 atom stereocenters. The first-order valence-electron chi connectivity index (χ1n) is 9.27. The third-order valence-corrected chi connectivity index (χ3v) is 6.27. The maximum atomic E-state index is 11.9. The van der Waals surface area contributed by atoms with E-state index < -0.39 is 11.8 Å². The van der Waals surface area contributed by atoms with E-state index >= 15 is 0 Å². The predicted molar refractivity (Wildman–Crippen MR) is 107 cm³/mol. The first-order chi connectivity index (χ1) is 12.5. The Labute approximate surface area is 165 Å². The highest BCUT2D eigenvalue weighted by Gasteiger charge is 2.39. The number of hydrogen-bond acceptors (Lipinski definition) is 3. The van der Waals surface area contributed by atoms with Crippen LogP contribution in [0.2, 0.25) is 5.02 Å². The van der Waals surface area contributed by atoms with Crippen LogP contribution < -0.4 is 5.32 Å². The molecule has 5 heteroatoms. The lowest BCUT2D eigenvalue weighted by molar-refractivity contribution is -0.134. The molecule has 2 N–H and O–H groups in total. The Morgan fingerprint density at radius 1 is 1.19 bits per heavy atom. The first kappa shape index (κ1) is 19.7. The van der Waals surface area contributed by atoms with Gasteiger partial charge in [-0.1, -0.05) is 57.5 Å². The number of rotatable bonds is 4. The van der Waals surface area contributed by atoms with Crippen molar-refractivity contribution >= 4 is 23.4 Å². The summed E-state index contributed by atoms with van der Waals surface area (Å²) in [5.41, 5.74) is 4.20. The maximum absolute atomic E-state index is 11.9. The van der Waals surface area contributed by atoms with Crippen molar-refractivity contribution in [3.8, 4) is 0 Å². The second kappa shape index (κ2) is 6.83. The van der Waals surface area contributed by atoms with Crippen LogP contribution in [0.5, 0.6) is 0 Å². The zero-order valence-corrected chi connectivity index (χ0v) is 17.0. The summed E-state index contributed by atoms with van der Waals surface area (Å²) in [6, 6.07) is 4.24. The van der Waals surface area contributed by atoms with Gasteiger partial charge < -0.3 is 10.4 Å². The Bertz CT molecular complexity index is 878. The minimum atomic E-state index is -1.18. The molecule has 27 heavy (non-hydrogen) atoms. The van der Waals surface area contributed by atoms with Gasteiger partial charge in [-0.3, -0.25) is 4.79 Å². The number of allylic oxidation sites excluding steroid dienone is 2. The summed E-state index contributed by atoms with van der Waals surface area (Å²) in [7, 11) is 0. The number of benzene rings is 1. The van der Waals surface area contributed by atoms with Crippen molar-refractivity contribution in [1.82, 2.24) is 5.32 Å². The molecule has 0 aliphatic heterocycles. The molecule has 1 aromatic carbocycles. The van der Waals surface area contributed by atoms with Gasteiger partial charge in [-0.15, -0.1) is 0 Å². The number of carboxylic acid groups (broad SMARTS) is 1. The standard InChI is InChI=1S/C22H26ClNO3/c1-21(2)9-10-22(3,4)18-16(21)8-5-13(19(18)23)12-24-14-6-7-15(20(26)27)17(25)11-14/h5,7-8,11,24H,6,9-10,12H2,1-4H3,(H,26,27). The van der Waals surface area contributed by atoms with Crippen molar-refractivity contribution < 1.29 is 14.7 Å². The van der Waals surface area contributed by atoms with Crippen LogP contribution in [0.3, 0.4) is 0 Å². The van der Waals surface area contributed by atoms with Crippen LogP contribution in [0.25, 0.3) is 0 Å². The molecule has 0 unspecified atom stereocenters. The maximum Gasteiger partial charge on any atom is 0.339 e. The highest BCUT2D eigenvalue weighted by atomic mass is 35.5. The number of nitrogens with one attached hydrogen (secondary N) is 1. The lowest BCUT2D eigenvalue weighted by Gasteiger charge is -2.42. The second-order valence-electron chi connectivity index (χ2n) is 8.74. The van der Waals surface area contributed by atoms with Crippen LogP contribution in [0.1, 0.15) is 63.6 Å². The number of fused-ring (bicyclic) bond motifs is 1. The highest BCUT2D eigenvalue weighted by Crippen LogP contribution is 2.49. The summed E-state index contributed by atoms with van der Waals surface area (Å²) in [4.78, 5) is 22.9. The zero-order chi connectivity index (χ0) is 20.0. The van der Waals surface area contributed by atoms with E-state index in [1.54, 1.807) is 0 Å². The molecule has 0 bridgehead atoms. The molecule has 0 aromatic heterocycles. The summed E-state index contributed by atoms with van der Waals surface area (Å²) < 4.78 is 0. The van der Waals surface area contributed by atoms with Crippen LogP contribution in [0.15, 0.2) is 35.6 Å². The first-order valence-corrected chi connectivity index (χ1v) is 9.65. The molecule has 2 aliphatic carbocycles. The minimum Gasteiger partial charge on any atom is -0.478 e. The molecular weight excluding hydrogens is 362 g/mol. The van der Waals surface area contributed by atoms with Crippen LogP contribution in [-0.2, 0) is 27.0 Å². The fourth-order valence-corrected chi connectivity index (χ4v) is 4.49. The van der Waals surface area contributed by atoms with Crippen molar-refractivity contribution in [3.63, 3.8) is 0 Å². The van der Waals surface area contributed by atoms with E-state index in [0.717, 1.165) is 23.4 Å². The zero-order valence-electron chi connectivity index (χ0n) is 16.3. The highest BCUT2D eigenvalue weighted by molar-refractivity contribution is 6.32. The number of halogens is 1. The molecule has 0 heterocycles. The summed E-state index contributed by atoms with van der Waals surface area (Å²) in [6.45, 7) is 9.51. The third kappa shape index (κ3) is 3.68. The van der Waals surface area contributed by atoms with Gasteiger partial charge in [0.05, 0.1) is 0 Å². The lowest BCUT2D eigenvalue weighted by Crippen LogP contribution is -2.34. The number of carbonyl (C=O) groups is 2. The summed E-state index contributed by atoms with van der Waals surface area (Å²) >= 11 is 6.83. The normalized spacial score (nSPS) is 20.4. The van der Waals surface area contributed by atoms with Crippen LogP contribution >= 0.6 is 11.6 Å². The monoisotopic (exact) mass is 387 g/mol. The lowest BCUT2D eigenvalue weighted by atomic mass is 9.63. The Kier molecular flexibility index (Phi) is 4.98. The topological polar surface area (TPSA) is 66.4 Å². The molecule has 0 fully saturated rings. The predicted octanol–water partition coefficient (Wildman–Crippen LogP) is 4.65. The SMILES string of the molecule is CC1(C)CCC(C)(C)c2c1ccc(CNC1=CC(=O)C(C(=O)O)=CC1)c2Cl. The van der Waals surface area contributed by atoms with Crippen LogP contribution in [-0.4, -0.2) is 16.9 Å². The molecule has 0 radical (unpaired) electrons. The van der Waals surface area contributed by atoms with E-state index in [2.05, 4.69) is 45.1 Å². The number of hydrogen-bond donors (Lipinski definition) is 2. The van der Waals surface area contributed by atoms with Crippen LogP contribution in [0.4, 0.5) is 0 Å². The van der Waals surface area contributed by atoms with Gasteiger partial charge in [0.1, 0.15) is 5.57 Å². The van der Waals surface area contributed by atoms with E-state index in [1.165, 1.54) is 23.3 Å². The molecule has 0 saturated carbocycles. The van der Waals surface area contributed by atoms with Crippen molar-refractivity contribution in [2.75, 3.05) is 0 Å². The molecule has 1 aromatic rings. The van der Waals surface area contributed by atoms with Gasteiger partial charge in [-0.2, -0.15) is 0 Å². The smallest absolute Gasteiger partial charge is 0.339 e.